The van der Waals surface area contributed by atoms with Crippen molar-refractivity contribution in [2.45, 2.75) is 12.4 Å². The lowest BCUT2D eigenvalue weighted by atomic mass is 10.1. The topological polar surface area (TPSA) is 22.1 Å². The Labute approximate surface area is 85.9 Å². The Morgan fingerprint density at radius 3 is 2.00 bits per heavy atom. The second kappa shape index (κ2) is 3.84. The molecule has 0 aliphatic heterocycles. The number of ether oxygens (including phenoxy) is 1. The summed E-state index contributed by atoms with van der Waals surface area (Å²) in [6.07, 6.45) is -9.71. The van der Waals surface area contributed by atoms with Crippen LogP contribution in [-0.2, 0) is 12.4 Å². The van der Waals surface area contributed by atoms with Gasteiger partial charge in [-0.15, -0.1) is 0 Å². The molecule has 0 fully saturated rings. The third-order valence-corrected chi connectivity index (χ3v) is 1.67. The number of nitrogens with zero attached hydrogens (tertiary/aromatic N) is 1. The molecule has 0 radical (unpaired) electrons. The molecular weight excluding hydrogens is 240 g/mol. The fraction of sp³-hybridized carbons (Fsp3) is 0.375. The zero-order valence-corrected chi connectivity index (χ0v) is 7.78. The first-order chi connectivity index (χ1) is 7.16. The van der Waals surface area contributed by atoms with E-state index in [2.05, 4.69) is 9.72 Å². The van der Waals surface area contributed by atoms with Gasteiger partial charge < -0.3 is 4.74 Å². The molecular formula is C8H5F6NO. The maximum absolute atomic E-state index is 12.3. The number of halogens is 6. The molecule has 0 saturated heterocycles. The quantitative estimate of drug-likeness (QED) is 0.709. The Balaban J connectivity index is 3.40. The summed E-state index contributed by atoms with van der Waals surface area (Å²) in [5.41, 5.74) is -3.83. The van der Waals surface area contributed by atoms with E-state index in [1.54, 1.807) is 0 Å². The van der Waals surface area contributed by atoms with Gasteiger partial charge in [0.15, 0.2) is 5.69 Å². The molecule has 0 aromatic carbocycles. The first kappa shape index (κ1) is 12.6. The van der Waals surface area contributed by atoms with Crippen LogP contribution < -0.4 is 4.74 Å². The molecule has 0 spiro atoms. The van der Waals surface area contributed by atoms with Crippen LogP contribution in [0.25, 0.3) is 0 Å². The van der Waals surface area contributed by atoms with Gasteiger partial charge in [0.25, 0.3) is 0 Å². The normalized spacial score (nSPS) is 12.7. The molecule has 0 saturated carbocycles. The average Bonchev–Trinajstić information content (AvgIpc) is 2.14. The smallest absolute Gasteiger partial charge is 0.433 e. The predicted molar refractivity (Wildman–Crippen MR) is 40.8 cm³/mol. The van der Waals surface area contributed by atoms with Gasteiger partial charge in [0.05, 0.1) is 18.9 Å². The lowest BCUT2D eigenvalue weighted by molar-refractivity contribution is -0.164. The number of aromatic nitrogens is 1. The third-order valence-electron chi connectivity index (χ3n) is 1.67. The van der Waals surface area contributed by atoms with E-state index in [1.165, 1.54) is 0 Å². The lowest BCUT2D eigenvalue weighted by Gasteiger charge is -2.14. The Hall–Kier alpha value is -1.47. The predicted octanol–water partition coefficient (Wildman–Crippen LogP) is 3.13. The Bertz CT molecular complexity index is 383. The van der Waals surface area contributed by atoms with Gasteiger partial charge in [0.2, 0.25) is 0 Å². The Morgan fingerprint density at radius 2 is 1.62 bits per heavy atom. The number of methoxy groups -OCH3 is 1. The molecule has 0 amide bonds. The van der Waals surface area contributed by atoms with Crippen molar-refractivity contribution in [1.82, 2.24) is 4.98 Å². The van der Waals surface area contributed by atoms with Crippen LogP contribution in [0.4, 0.5) is 26.3 Å². The van der Waals surface area contributed by atoms with Crippen molar-refractivity contribution in [3.63, 3.8) is 0 Å². The van der Waals surface area contributed by atoms with E-state index in [0.717, 1.165) is 7.11 Å². The number of hydrogen-bond acceptors (Lipinski definition) is 2. The maximum atomic E-state index is 12.3. The zero-order chi connectivity index (χ0) is 12.6. The first-order valence-corrected chi connectivity index (χ1v) is 3.84. The summed E-state index contributed by atoms with van der Waals surface area (Å²) in [6, 6.07) is 0.260. The fourth-order valence-corrected chi connectivity index (χ4v) is 0.999. The van der Waals surface area contributed by atoms with E-state index in [9.17, 15) is 26.3 Å². The standard InChI is InChI=1S/C8H5F6NO/c1-16-4-2-5(7(9,10)11)6(15-3-4)8(12,13)14/h2-3H,1H3. The van der Waals surface area contributed by atoms with Gasteiger partial charge in [-0.25, -0.2) is 4.98 Å². The van der Waals surface area contributed by atoms with Crippen molar-refractivity contribution < 1.29 is 31.1 Å². The number of hydrogen-bond donors (Lipinski definition) is 0. The SMILES string of the molecule is COc1cnc(C(F)(F)F)c(C(F)(F)F)c1. The van der Waals surface area contributed by atoms with Crippen molar-refractivity contribution in [2.75, 3.05) is 7.11 Å². The summed E-state index contributed by atoms with van der Waals surface area (Å²) in [7, 11) is 1.03. The van der Waals surface area contributed by atoms with Crippen LogP contribution in [0.2, 0.25) is 0 Å². The van der Waals surface area contributed by atoms with E-state index >= 15 is 0 Å². The average molecular weight is 245 g/mol. The number of rotatable bonds is 1. The minimum absolute atomic E-state index is 0.260. The second-order valence-electron chi connectivity index (χ2n) is 2.77. The van der Waals surface area contributed by atoms with Crippen LogP contribution in [0.5, 0.6) is 5.75 Å². The highest BCUT2D eigenvalue weighted by molar-refractivity contribution is 5.33. The number of alkyl halides is 6. The molecule has 0 atom stereocenters. The molecule has 1 rings (SSSR count). The second-order valence-corrected chi connectivity index (χ2v) is 2.77. The fourth-order valence-electron chi connectivity index (χ4n) is 0.999. The van der Waals surface area contributed by atoms with Gasteiger partial charge in [-0.1, -0.05) is 0 Å². The molecule has 16 heavy (non-hydrogen) atoms. The first-order valence-electron chi connectivity index (χ1n) is 3.84. The summed E-state index contributed by atoms with van der Waals surface area (Å²) in [6.45, 7) is 0. The molecule has 1 heterocycles. The van der Waals surface area contributed by atoms with Crippen molar-refractivity contribution in [3.8, 4) is 5.75 Å². The maximum Gasteiger partial charge on any atom is 0.433 e. The van der Waals surface area contributed by atoms with Crippen molar-refractivity contribution >= 4 is 0 Å². The van der Waals surface area contributed by atoms with E-state index in [4.69, 9.17) is 0 Å². The number of pyridine rings is 1. The third kappa shape index (κ3) is 2.56. The molecule has 0 unspecified atom stereocenters. The van der Waals surface area contributed by atoms with Gasteiger partial charge in [0, 0.05) is 0 Å². The molecule has 0 aliphatic carbocycles. The molecule has 0 N–H and O–H groups in total. The highest BCUT2D eigenvalue weighted by Crippen LogP contribution is 2.40. The van der Waals surface area contributed by atoms with E-state index in [1.807, 2.05) is 0 Å². The summed E-state index contributed by atoms with van der Waals surface area (Å²) in [5.74, 6) is -0.389. The summed E-state index contributed by atoms with van der Waals surface area (Å²) in [5, 5.41) is 0. The van der Waals surface area contributed by atoms with Crippen LogP contribution in [-0.4, -0.2) is 12.1 Å². The highest BCUT2D eigenvalue weighted by Gasteiger charge is 2.44. The highest BCUT2D eigenvalue weighted by atomic mass is 19.4. The van der Waals surface area contributed by atoms with Crippen LogP contribution in [0.3, 0.4) is 0 Å². The van der Waals surface area contributed by atoms with Gasteiger partial charge in [-0.05, 0) is 6.07 Å². The minimum Gasteiger partial charge on any atom is -0.495 e. The van der Waals surface area contributed by atoms with Crippen LogP contribution in [0, 0.1) is 0 Å². The molecule has 2 nitrogen and oxygen atoms in total. The van der Waals surface area contributed by atoms with Crippen molar-refractivity contribution in [3.05, 3.63) is 23.5 Å². The largest absolute Gasteiger partial charge is 0.495 e. The van der Waals surface area contributed by atoms with Crippen LogP contribution in [0.1, 0.15) is 11.3 Å². The van der Waals surface area contributed by atoms with Gasteiger partial charge in [-0.2, -0.15) is 26.3 Å². The van der Waals surface area contributed by atoms with Crippen molar-refractivity contribution in [1.29, 1.82) is 0 Å². The zero-order valence-electron chi connectivity index (χ0n) is 7.78. The van der Waals surface area contributed by atoms with E-state index in [0.29, 0.717) is 6.20 Å². The molecule has 1 aromatic rings. The van der Waals surface area contributed by atoms with Gasteiger partial charge >= 0.3 is 12.4 Å². The van der Waals surface area contributed by atoms with Gasteiger partial charge in [0.1, 0.15) is 5.75 Å². The lowest BCUT2D eigenvalue weighted by Crippen LogP contribution is -2.18. The van der Waals surface area contributed by atoms with Crippen LogP contribution >= 0.6 is 0 Å². The van der Waals surface area contributed by atoms with E-state index < -0.39 is 23.6 Å². The Morgan fingerprint density at radius 1 is 1.06 bits per heavy atom. The van der Waals surface area contributed by atoms with E-state index in [-0.39, 0.29) is 11.8 Å². The summed E-state index contributed by atoms with van der Waals surface area (Å²) < 4.78 is 77.9. The minimum atomic E-state index is -5.16. The molecule has 8 heteroatoms. The Kier molecular flexibility index (Phi) is 3.02. The van der Waals surface area contributed by atoms with Crippen LogP contribution in [0.15, 0.2) is 12.3 Å². The molecule has 1 aromatic heterocycles. The monoisotopic (exact) mass is 245 g/mol. The van der Waals surface area contributed by atoms with Crippen molar-refractivity contribution in [2.24, 2.45) is 0 Å². The van der Waals surface area contributed by atoms with Gasteiger partial charge in [-0.3, -0.25) is 0 Å². The summed E-state index contributed by atoms with van der Waals surface area (Å²) in [4.78, 5) is 2.72. The molecule has 90 valence electrons. The summed E-state index contributed by atoms with van der Waals surface area (Å²) >= 11 is 0. The molecule has 0 bridgehead atoms. The molecule has 0 aliphatic rings.